The lowest BCUT2D eigenvalue weighted by Gasteiger charge is -2.40. The lowest BCUT2D eigenvalue weighted by atomic mass is 9.76. The molecular formula is C17H24O2. The Bertz CT molecular complexity index is 422. The molecule has 0 aliphatic heterocycles. The maximum atomic E-state index is 12.1. The first-order valence-electron chi connectivity index (χ1n) is 7.20. The van der Waals surface area contributed by atoms with Gasteiger partial charge in [-0.1, -0.05) is 38.1 Å². The van der Waals surface area contributed by atoms with Crippen LogP contribution in [0.25, 0.3) is 0 Å². The number of rotatable bonds is 6. The van der Waals surface area contributed by atoms with Crippen molar-refractivity contribution >= 4 is 5.78 Å². The van der Waals surface area contributed by atoms with Gasteiger partial charge < -0.3 is 4.74 Å². The number of carbonyl (C=O) groups is 1. The van der Waals surface area contributed by atoms with Crippen LogP contribution in [0.5, 0.6) is 0 Å². The summed E-state index contributed by atoms with van der Waals surface area (Å²) in [6.45, 7) is 4.36. The summed E-state index contributed by atoms with van der Waals surface area (Å²) in [5.41, 5.74) is 2.29. The summed E-state index contributed by atoms with van der Waals surface area (Å²) in [6.07, 6.45) is 4.34. The van der Waals surface area contributed by atoms with Crippen LogP contribution in [-0.2, 0) is 16.0 Å². The third kappa shape index (κ3) is 3.44. The normalized spacial score (nSPS) is 17.3. The number of ether oxygens (including phenoxy) is 1. The number of Topliss-reactive ketones (excluding diaryl/α,β-unsaturated/α-hetero) is 1. The summed E-state index contributed by atoms with van der Waals surface area (Å²) < 4.78 is 5.51. The monoisotopic (exact) mass is 260 g/mol. The van der Waals surface area contributed by atoms with Crippen molar-refractivity contribution in [3.63, 3.8) is 0 Å². The van der Waals surface area contributed by atoms with Gasteiger partial charge in [0.15, 0.2) is 0 Å². The third-order valence-corrected chi connectivity index (χ3v) is 4.26. The minimum Gasteiger partial charge on any atom is -0.378 e. The van der Waals surface area contributed by atoms with E-state index in [0.717, 1.165) is 18.4 Å². The van der Waals surface area contributed by atoms with Crippen molar-refractivity contribution < 1.29 is 9.53 Å². The summed E-state index contributed by atoms with van der Waals surface area (Å²) in [7, 11) is 1.73. The molecule has 0 atom stereocenters. The van der Waals surface area contributed by atoms with Crippen LogP contribution in [0, 0.1) is 0 Å². The molecular weight excluding hydrogens is 236 g/mol. The molecule has 0 unspecified atom stereocenters. The van der Waals surface area contributed by atoms with Crippen molar-refractivity contribution in [1.82, 2.24) is 0 Å². The molecule has 0 aromatic heterocycles. The van der Waals surface area contributed by atoms with Crippen molar-refractivity contribution in [2.45, 2.75) is 57.5 Å². The van der Waals surface area contributed by atoms with Gasteiger partial charge in [0.05, 0.1) is 5.60 Å². The van der Waals surface area contributed by atoms with Gasteiger partial charge in [0.25, 0.3) is 0 Å². The van der Waals surface area contributed by atoms with Crippen molar-refractivity contribution in [3.8, 4) is 0 Å². The van der Waals surface area contributed by atoms with E-state index < -0.39 is 0 Å². The highest BCUT2D eigenvalue weighted by atomic mass is 16.5. The fourth-order valence-electron chi connectivity index (χ4n) is 2.69. The Morgan fingerprint density at radius 1 is 1.26 bits per heavy atom. The fourth-order valence-corrected chi connectivity index (χ4v) is 2.69. The SMILES string of the molecule is COC1(CC(=O)Cc2ccc(C(C)C)cc2)CCC1. The highest BCUT2D eigenvalue weighted by Gasteiger charge is 2.38. The van der Waals surface area contributed by atoms with Gasteiger partial charge in [0, 0.05) is 20.0 Å². The molecule has 1 aliphatic rings. The van der Waals surface area contributed by atoms with E-state index >= 15 is 0 Å². The molecule has 1 aromatic carbocycles. The molecule has 1 fully saturated rings. The van der Waals surface area contributed by atoms with Gasteiger partial charge in [0.1, 0.15) is 5.78 Å². The largest absolute Gasteiger partial charge is 0.378 e. The van der Waals surface area contributed by atoms with E-state index in [1.165, 1.54) is 12.0 Å². The van der Waals surface area contributed by atoms with E-state index in [2.05, 4.69) is 38.1 Å². The summed E-state index contributed by atoms with van der Waals surface area (Å²) >= 11 is 0. The molecule has 0 saturated heterocycles. The van der Waals surface area contributed by atoms with E-state index in [1.54, 1.807) is 7.11 Å². The van der Waals surface area contributed by atoms with Gasteiger partial charge in [0.2, 0.25) is 0 Å². The zero-order chi connectivity index (χ0) is 13.9. The fraction of sp³-hybridized carbons (Fsp3) is 0.588. The molecule has 104 valence electrons. The average Bonchev–Trinajstić information content (AvgIpc) is 2.34. The number of hydrogen-bond donors (Lipinski definition) is 0. The van der Waals surface area contributed by atoms with Crippen molar-refractivity contribution in [2.24, 2.45) is 0 Å². The third-order valence-electron chi connectivity index (χ3n) is 4.26. The van der Waals surface area contributed by atoms with Crippen LogP contribution < -0.4 is 0 Å². The Balaban J connectivity index is 1.91. The van der Waals surface area contributed by atoms with Crippen LogP contribution in [0.1, 0.15) is 56.6 Å². The zero-order valence-electron chi connectivity index (χ0n) is 12.2. The number of benzene rings is 1. The topological polar surface area (TPSA) is 26.3 Å². The molecule has 1 aliphatic carbocycles. The van der Waals surface area contributed by atoms with Crippen LogP contribution >= 0.6 is 0 Å². The standard InChI is InChI=1S/C17H24O2/c1-13(2)15-7-5-14(6-8-15)11-16(18)12-17(19-3)9-4-10-17/h5-8,13H,4,9-12H2,1-3H3. The highest BCUT2D eigenvalue weighted by molar-refractivity contribution is 5.82. The Hall–Kier alpha value is -1.15. The molecule has 0 amide bonds. The van der Waals surface area contributed by atoms with Crippen LogP contribution in [0.4, 0.5) is 0 Å². The van der Waals surface area contributed by atoms with Gasteiger partial charge in [-0.15, -0.1) is 0 Å². The smallest absolute Gasteiger partial charge is 0.140 e. The molecule has 0 spiro atoms. The van der Waals surface area contributed by atoms with Crippen LogP contribution in [0.15, 0.2) is 24.3 Å². The van der Waals surface area contributed by atoms with E-state index in [0.29, 0.717) is 24.5 Å². The number of methoxy groups -OCH3 is 1. The number of hydrogen-bond acceptors (Lipinski definition) is 2. The molecule has 2 rings (SSSR count). The first-order valence-corrected chi connectivity index (χ1v) is 7.20. The Kier molecular flexibility index (Phi) is 4.41. The van der Waals surface area contributed by atoms with Crippen LogP contribution in [0.3, 0.4) is 0 Å². The number of ketones is 1. The van der Waals surface area contributed by atoms with Crippen LogP contribution in [0.2, 0.25) is 0 Å². The summed E-state index contributed by atoms with van der Waals surface area (Å²) in [5, 5.41) is 0. The zero-order valence-corrected chi connectivity index (χ0v) is 12.2. The molecule has 1 aromatic rings. The minimum absolute atomic E-state index is 0.144. The average molecular weight is 260 g/mol. The molecule has 19 heavy (non-hydrogen) atoms. The van der Waals surface area contributed by atoms with Gasteiger partial charge in [-0.05, 0) is 36.3 Å². The van der Waals surface area contributed by atoms with Crippen molar-refractivity contribution in [2.75, 3.05) is 7.11 Å². The molecule has 2 heteroatoms. The van der Waals surface area contributed by atoms with Gasteiger partial charge in [-0.2, -0.15) is 0 Å². The maximum Gasteiger partial charge on any atom is 0.140 e. The van der Waals surface area contributed by atoms with E-state index in [4.69, 9.17) is 4.74 Å². The first kappa shape index (κ1) is 14.3. The van der Waals surface area contributed by atoms with Gasteiger partial charge >= 0.3 is 0 Å². The second-order valence-electron chi connectivity index (χ2n) is 6.03. The molecule has 0 N–H and O–H groups in total. The second-order valence-corrected chi connectivity index (χ2v) is 6.03. The summed E-state index contributed by atoms with van der Waals surface area (Å²) in [5.74, 6) is 0.829. The Morgan fingerprint density at radius 2 is 1.89 bits per heavy atom. The lowest BCUT2D eigenvalue weighted by Crippen LogP contribution is -2.41. The number of carbonyl (C=O) groups excluding carboxylic acids is 1. The van der Waals surface area contributed by atoms with Gasteiger partial charge in [-0.25, -0.2) is 0 Å². The van der Waals surface area contributed by atoms with Crippen LogP contribution in [-0.4, -0.2) is 18.5 Å². The van der Waals surface area contributed by atoms with E-state index in [-0.39, 0.29) is 5.60 Å². The molecule has 1 saturated carbocycles. The molecule has 0 bridgehead atoms. The Morgan fingerprint density at radius 3 is 2.32 bits per heavy atom. The van der Waals surface area contributed by atoms with Crippen molar-refractivity contribution in [1.29, 1.82) is 0 Å². The first-order chi connectivity index (χ1) is 9.04. The quantitative estimate of drug-likeness (QED) is 0.776. The van der Waals surface area contributed by atoms with Gasteiger partial charge in [-0.3, -0.25) is 4.79 Å². The predicted molar refractivity (Wildman–Crippen MR) is 77.5 cm³/mol. The minimum atomic E-state index is -0.144. The molecule has 2 nitrogen and oxygen atoms in total. The van der Waals surface area contributed by atoms with Crippen molar-refractivity contribution in [3.05, 3.63) is 35.4 Å². The summed E-state index contributed by atoms with van der Waals surface area (Å²) in [6, 6.07) is 8.41. The summed E-state index contributed by atoms with van der Waals surface area (Å²) in [4.78, 5) is 12.1. The molecule has 0 radical (unpaired) electrons. The highest BCUT2D eigenvalue weighted by Crippen LogP contribution is 2.38. The van der Waals surface area contributed by atoms with E-state index in [9.17, 15) is 4.79 Å². The van der Waals surface area contributed by atoms with E-state index in [1.807, 2.05) is 0 Å². The lowest BCUT2D eigenvalue weighted by molar-refractivity contribution is -0.131. The molecule has 0 heterocycles. The maximum absolute atomic E-state index is 12.1. The predicted octanol–water partition coefficient (Wildman–Crippen LogP) is 3.88. The second kappa shape index (κ2) is 5.87. The Labute approximate surface area is 116 Å².